The maximum atomic E-state index is 5.18. The maximum absolute atomic E-state index is 5.18. The Morgan fingerprint density at radius 1 is 1.25 bits per heavy atom. The Balaban J connectivity index is 0.000000368. The molecule has 1 atom stereocenters. The van der Waals surface area contributed by atoms with Gasteiger partial charge in [0.25, 0.3) is 0 Å². The van der Waals surface area contributed by atoms with Crippen LogP contribution in [0.3, 0.4) is 0 Å². The highest BCUT2D eigenvalue weighted by atomic mass is 32.2. The molecule has 0 aromatic heterocycles. The van der Waals surface area contributed by atoms with Crippen LogP contribution < -0.4 is 0 Å². The van der Waals surface area contributed by atoms with E-state index in [1.807, 2.05) is 11.8 Å². The topological polar surface area (TPSA) is 9.23 Å². The molecule has 94 valence electrons. The highest BCUT2D eigenvalue weighted by Crippen LogP contribution is 2.26. The molecule has 0 radical (unpaired) electrons. The van der Waals surface area contributed by atoms with Crippen molar-refractivity contribution < 1.29 is 4.74 Å². The van der Waals surface area contributed by atoms with Crippen LogP contribution in [0, 0.1) is 5.41 Å². The third-order valence-corrected chi connectivity index (χ3v) is 3.97. The minimum atomic E-state index is 0.384. The van der Waals surface area contributed by atoms with E-state index in [4.69, 9.17) is 4.74 Å². The van der Waals surface area contributed by atoms with Crippen molar-refractivity contribution in [3.63, 3.8) is 0 Å². The van der Waals surface area contributed by atoms with E-state index in [1.165, 1.54) is 17.9 Å². The van der Waals surface area contributed by atoms with E-state index in [-0.39, 0.29) is 0 Å². The van der Waals surface area contributed by atoms with Crippen molar-refractivity contribution in [3.05, 3.63) is 24.3 Å². The summed E-state index contributed by atoms with van der Waals surface area (Å²) in [6, 6.07) is 0. The molecular formula is C14H26OS. The molecule has 0 fully saturated rings. The fraction of sp³-hybridized carbons (Fsp3) is 0.714. The van der Waals surface area contributed by atoms with Crippen molar-refractivity contribution in [1.29, 1.82) is 0 Å². The van der Waals surface area contributed by atoms with E-state index in [0.29, 0.717) is 5.41 Å². The van der Waals surface area contributed by atoms with E-state index >= 15 is 0 Å². The van der Waals surface area contributed by atoms with E-state index in [1.54, 1.807) is 7.11 Å². The van der Waals surface area contributed by atoms with Gasteiger partial charge in [-0.2, -0.15) is 11.8 Å². The summed E-state index contributed by atoms with van der Waals surface area (Å²) >= 11 is 2.00. The van der Waals surface area contributed by atoms with Crippen LogP contribution in [-0.4, -0.2) is 25.2 Å². The third kappa shape index (κ3) is 8.00. The number of thioether (sulfide) groups is 1. The molecule has 1 nitrogen and oxygen atoms in total. The molecule has 0 unspecified atom stereocenters. The van der Waals surface area contributed by atoms with Crippen LogP contribution in [-0.2, 0) is 4.74 Å². The molecule has 16 heavy (non-hydrogen) atoms. The molecule has 0 aliphatic heterocycles. The summed E-state index contributed by atoms with van der Waals surface area (Å²) in [6.07, 6.45) is 10.7. The van der Waals surface area contributed by atoms with Gasteiger partial charge in [-0.25, -0.2) is 0 Å². The molecule has 0 saturated carbocycles. The highest BCUT2D eigenvalue weighted by molar-refractivity contribution is 7.99. The van der Waals surface area contributed by atoms with E-state index in [2.05, 4.69) is 45.1 Å². The second kappa shape index (κ2) is 9.98. The number of methoxy groups -OCH3 is 1. The predicted molar refractivity (Wildman–Crippen MR) is 76.2 cm³/mol. The van der Waals surface area contributed by atoms with Gasteiger partial charge < -0.3 is 4.74 Å². The van der Waals surface area contributed by atoms with Crippen LogP contribution in [0.1, 0.15) is 33.6 Å². The largest absolute Gasteiger partial charge is 0.384 e. The second-order valence-corrected chi connectivity index (χ2v) is 5.60. The highest BCUT2D eigenvalue weighted by Gasteiger charge is 2.21. The Labute approximate surface area is 105 Å². The fourth-order valence-corrected chi connectivity index (χ4v) is 2.32. The van der Waals surface area contributed by atoms with Gasteiger partial charge in [0.2, 0.25) is 0 Å². The van der Waals surface area contributed by atoms with Gasteiger partial charge in [-0.05, 0) is 24.0 Å². The van der Waals surface area contributed by atoms with Gasteiger partial charge in [-0.3, -0.25) is 0 Å². The summed E-state index contributed by atoms with van der Waals surface area (Å²) in [5, 5.41) is 0. The number of hydrogen-bond donors (Lipinski definition) is 0. The lowest BCUT2D eigenvalue weighted by molar-refractivity contribution is 0.105. The first-order valence-electron chi connectivity index (χ1n) is 6.07. The van der Waals surface area contributed by atoms with E-state index in [0.717, 1.165) is 13.0 Å². The number of ether oxygens (including phenoxy) is 1. The molecule has 1 aliphatic carbocycles. The summed E-state index contributed by atoms with van der Waals surface area (Å²) in [7, 11) is 1.78. The van der Waals surface area contributed by atoms with E-state index < -0.39 is 0 Å². The van der Waals surface area contributed by atoms with Crippen molar-refractivity contribution in [2.45, 2.75) is 33.6 Å². The number of allylic oxidation sites excluding steroid dienone is 4. The summed E-state index contributed by atoms with van der Waals surface area (Å²) in [5.74, 6) is 2.42. The fourth-order valence-electron chi connectivity index (χ4n) is 1.34. The zero-order valence-corrected chi connectivity index (χ0v) is 12.0. The van der Waals surface area contributed by atoms with Crippen molar-refractivity contribution >= 4 is 11.8 Å². The van der Waals surface area contributed by atoms with Gasteiger partial charge in [0.15, 0.2) is 0 Å². The van der Waals surface area contributed by atoms with Crippen LogP contribution in [0.25, 0.3) is 0 Å². The molecule has 0 bridgehead atoms. The Kier molecular flexibility index (Phi) is 9.85. The molecule has 0 amide bonds. The quantitative estimate of drug-likeness (QED) is 0.686. The Morgan fingerprint density at radius 3 is 2.19 bits per heavy atom. The van der Waals surface area contributed by atoms with Gasteiger partial charge in [-0.1, -0.05) is 45.1 Å². The van der Waals surface area contributed by atoms with E-state index in [9.17, 15) is 0 Å². The van der Waals surface area contributed by atoms with Crippen LogP contribution in [0.4, 0.5) is 0 Å². The lowest BCUT2D eigenvalue weighted by atomic mass is 9.91. The van der Waals surface area contributed by atoms with Gasteiger partial charge in [-0.15, -0.1) is 0 Å². The molecule has 0 heterocycles. The van der Waals surface area contributed by atoms with Gasteiger partial charge in [0.1, 0.15) is 0 Å². The monoisotopic (exact) mass is 242 g/mol. The maximum Gasteiger partial charge on any atom is 0.0523 e. The minimum Gasteiger partial charge on any atom is -0.384 e. The average molecular weight is 242 g/mol. The first-order chi connectivity index (χ1) is 7.68. The molecule has 2 heteroatoms. The number of hydrogen-bond acceptors (Lipinski definition) is 2. The zero-order chi connectivity index (χ0) is 12.3. The molecule has 0 N–H and O–H groups in total. The smallest absolute Gasteiger partial charge is 0.0523 e. The first kappa shape index (κ1) is 15.8. The Morgan fingerprint density at radius 2 is 1.88 bits per heavy atom. The average Bonchev–Trinajstić information content (AvgIpc) is 2.85. The Bertz CT molecular complexity index is 201. The molecule has 0 saturated heterocycles. The molecular weight excluding hydrogens is 216 g/mol. The van der Waals surface area contributed by atoms with Crippen molar-refractivity contribution in [3.8, 4) is 0 Å². The summed E-state index contributed by atoms with van der Waals surface area (Å²) < 4.78 is 5.18. The second-order valence-electron chi connectivity index (χ2n) is 4.33. The molecule has 0 aromatic carbocycles. The molecule has 1 rings (SSSR count). The molecule has 1 aliphatic rings. The van der Waals surface area contributed by atoms with Crippen molar-refractivity contribution in [2.24, 2.45) is 5.41 Å². The lowest BCUT2D eigenvalue weighted by Crippen LogP contribution is -2.24. The van der Waals surface area contributed by atoms with Gasteiger partial charge >= 0.3 is 0 Å². The zero-order valence-electron chi connectivity index (χ0n) is 11.2. The summed E-state index contributed by atoms with van der Waals surface area (Å²) in [6.45, 7) is 7.61. The molecule has 0 spiro atoms. The third-order valence-electron chi connectivity index (χ3n) is 2.66. The minimum absolute atomic E-state index is 0.384. The standard InChI is InChI=1S/C9H20OS.C5H6/c1-5-9(3,7-10-4)8-11-6-2;1-2-4-5-3-1/h5-8H2,1-4H3;1-4H,5H2/t9-;/m0./s1. The van der Waals surface area contributed by atoms with Gasteiger partial charge in [0, 0.05) is 12.9 Å². The summed E-state index contributed by atoms with van der Waals surface area (Å²) in [5.41, 5.74) is 0.384. The summed E-state index contributed by atoms with van der Waals surface area (Å²) in [4.78, 5) is 0. The Hall–Kier alpha value is -0.210. The van der Waals surface area contributed by atoms with Crippen molar-refractivity contribution in [1.82, 2.24) is 0 Å². The predicted octanol–water partition coefficient (Wildman–Crippen LogP) is 4.30. The molecule has 0 aromatic rings. The van der Waals surface area contributed by atoms with Crippen molar-refractivity contribution in [2.75, 3.05) is 25.2 Å². The first-order valence-corrected chi connectivity index (χ1v) is 7.22. The SMILES string of the molecule is C1=CCC=C1.CCSC[C@@](C)(CC)COC. The normalized spacial score (nSPS) is 16.8. The van der Waals surface area contributed by atoms with Gasteiger partial charge in [0.05, 0.1) is 6.61 Å². The lowest BCUT2D eigenvalue weighted by Gasteiger charge is -2.26. The van der Waals surface area contributed by atoms with Crippen LogP contribution >= 0.6 is 11.8 Å². The van der Waals surface area contributed by atoms with Crippen LogP contribution in [0.15, 0.2) is 24.3 Å². The van der Waals surface area contributed by atoms with Crippen LogP contribution in [0.2, 0.25) is 0 Å². The van der Waals surface area contributed by atoms with Crippen LogP contribution in [0.5, 0.6) is 0 Å². The number of rotatable bonds is 6.